The third-order valence-corrected chi connectivity index (χ3v) is 6.59. The molecule has 0 saturated carbocycles. The zero-order valence-electron chi connectivity index (χ0n) is 16.3. The Hall–Kier alpha value is -2.44. The zero-order valence-corrected chi connectivity index (χ0v) is 17.1. The van der Waals surface area contributed by atoms with Crippen LogP contribution in [0, 0.1) is 6.92 Å². The zero-order chi connectivity index (χ0) is 20.1. The van der Waals surface area contributed by atoms with E-state index in [1.807, 2.05) is 44.2 Å². The lowest BCUT2D eigenvalue weighted by atomic mass is 10.1. The molecule has 3 aromatic rings. The molecule has 2 aromatic carbocycles. The first kappa shape index (κ1) is 20.3. The van der Waals surface area contributed by atoms with Crippen LogP contribution in [0.3, 0.4) is 0 Å². The number of rotatable bonds is 8. The lowest BCUT2D eigenvalue weighted by molar-refractivity contribution is 0.286. The average molecular weight is 399 g/mol. The van der Waals surface area contributed by atoms with Gasteiger partial charge in [0.2, 0.25) is 9.84 Å². The van der Waals surface area contributed by atoms with Crippen molar-refractivity contribution >= 4 is 26.4 Å². The van der Waals surface area contributed by atoms with Gasteiger partial charge in [-0.25, -0.2) is 8.42 Å². The second kappa shape index (κ2) is 8.71. The Bertz CT molecular complexity index is 1060. The van der Waals surface area contributed by atoms with Gasteiger partial charge in [-0.1, -0.05) is 30.7 Å². The first-order valence-electron chi connectivity index (χ1n) is 9.55. The van der Waals surface area contributed by atoms with Gasteiger partial charge in [-0.15, -0.1) is 0 Å². The van der Waals surface area contributed by atoms with E-state index >= 15 is 0 Å². The summed E-state index contributed by atoms with van der Waals surface area (Å²) in [4.78, 5) is 4.83. The van der Waals surface area contributed by atoms with E-state index < -0.39 is 9.84 Å². The smallest absolute Gasteiger partial charge is 0.210 e. The summed E-state index contributed by atoms with van der Waals surface area (Å²) >= 11 is 0. The summed E-state index contributed by atoms with van der Waals surface area (Å²) in [5.74, 6) is 0. The quantitative estimate of drug-likeness (QED) is 0.558. The molecule has 0 amide bonds. The molecule has 1 heterocycles. The van der Waals surface area contributed by atoms with Crippen LogP contribution in [0.1, 0.15) is 30.9 Å². The SMILES string of the molecule is CCc1ccc(S(=O)(=O)c2cnc3ccc(C)cc3c2NCCCCO)cc1. The van der Waals surface area contributed by atoms with E-state index in [9.17, 15) is 8.42 Å². The van der Waals surface area contributed by atoms with Crippen molar-refractivity contribution < 1.29 is 13.5 Å². The van der Waals surface area contributed by atoms with Crippen LogP contribution < -0.4 is 5.32 Å². The Morgan fingerprint density at radius 1 is 1.07 bits per heavy atom. The van der Waals surface area contributed by atoms with Crippen LogP contribution in [0.25, 0.3) is 10.9 Å². The number of fused-ring (bicyclic) bond motifs is 1. The van der Waals surface area contributed by atoms with Gasteiger partial charge in [-0.2, -0.15) is 0 Å². The van der Waals surface area contributed by atoms with Crippen molar-refractivity contribution in [2.24, 2.45) is 0 Å². The predicted molar refractivity (Wildman–Crippen MR) is 113 cm³/mol. The van der Waals surface area contributed by atoms with Gasteiger partial charge < -0.3 is 10.4 Å². The summed E-state index contributed by atoms with van der Waals surface area (Å²) < 4.78 is 26.7. The summed E-state index contributed by atoms with van der Waals surface area (Å²) in [6, 6.07) is 12.8. The highest BCUT2D eigenvalue weighted by Gasteiger charge is 2.23. The number of hydrogen-bond donors (Lipinski definition) is 2. The Labute approximate surface area is 166 Å². The second-order valence-electron chi connectivity index (χ2n) is 6.88. The normalized spacial score (nSPS) is 11.7. The third-order valence-electron chi connectivity index (χ3n) is 4.81. The number of nitrogens with one attached hydrogen (secondary N) is 1. The van der Waals surface area contributed by atoms with Gasteiger partial charge in [-0.05, 0) is 56.0 Å². The molecule has 3 rings (SSSR count). The molecule has 0 spiro atoms. The number of unbranched alkanes of at least 4 members (excludes halogenated alkanes) is 1. The molecule has 0 radical (unpaired) electrons. The molecule has 1 aromatic heterocycles. The fourth-order valence-corrected chi connectivity index (χ4v) is 4.55. The highest BCUT2D eigenvalue weighted by molar-refractivity contribution is 7.91. The summed E-state index contributed by atoms with van der Waals surface area (Å²) in [5, 5.41) is 13.1. The minimum absolute atomic E-state index is 0.118. The summed E-state index contributed by atoms with van der Waals surface area (Å²) in [6.45, 7) is 4.70. The van der Waals surface area contributed by atoms with Gasteiger partial charge in [0.1, 0.15) is 4.90 Å². The predicted octanol–water partition coefficient (Wildman–Crippen LogP) is 4.12. The van der Waals surface area contributed by atoms with Gasteiger partial charge in [0.05, 0.1) is 16.1 Å². The number of aromatic nitrogens is 1. The van der Waals surface area contributed by atoms with Gasteiger partial charge >= 0.3 is 0 Å². The van der Waals surface area contributed by atoms with E-state index in [0.717, 1.165) is 34.9 Å². The maximum atomic E-state index is 13.4. The van der Waals surface area contributed by atoms with E-state index in [2.05, 4.69) is 10.3 Å². The van der Waals surface area contributed by atoms with Crippen molar-refractivity contribution in [1.29, 1.82) is 0 Å². The van der Waals surface area contributed by atoms with E-state index in [-0.39, 0.29) is 16.4 Å². The summed E-state index contributed by atoms with van der Waals surface area (Å²) in [6.07, 6.45) is 3.70. The van der Waals surface area contributed by atoms with Crippen molar-refractivity contribution in [2.75, 3.05) is 18.5 Å². The molecule has 0 unspecified atom stereocenters. The highest BCUT2D eigenvalue weighted by Crippen LogP contribution is 2.33. The van der Waals surface area contributed by atoms with Crippen molar-refractivity contribution in [3.8, 4) is 0 Å². The van der Waals surface area contributed by atoms with E-state index in [4.69, 9.17) is 5.11 Å². The number of aliphatic hydroxyl groups is 1. The Morgan fingerprint density at radius 3 is 2.50 bits per heavy atom. The Balaban J connectivity index is 2.12. The number of benzene rings is 2. The van der Waals surface area contributed by atoms with Crippen LogP contribution in [0.2, 0.25) is 0 Å². The molecule has 148 valence electrons. The summed E-state index contributed by atoms with van der Waals surface area (Å²) in [7, 11) is -3.72. The molecule has 0 aliphatic rings. The monoisotopic (exact) mass is 398 g/mol. The fraction of sp³-hybridized carbons (Fsp3) is 0.318. The topological polar surface area (TPSA) is 79.3 Å². The number of pyridine rings is 1. The number of hydrogen-bond acceptors (Lipinski definition) is 5. The van der Waals surface area contributed by atoms with Crippen LogP contribution >= 0.6 is 0 Å². The number of anilines is 1. The van der Waals surface area contributed by atoms with Crippen LogP contribution in [-0.2, 0) is 16.3 Å². The molecule has 0 aliphatic carbocycles. The third kappa shape index (κ3) is 4.18. The van der Waals surface area contributed by atoms with Crippen molar-refractivity contribution in [1.82, 2.24) is 4.98 Å². The first-order valence-corrected chi connectivity index (χ1v) is 11.0. The lowest BCUT2D eigenvalue weighted by Gasteiger charge is -2.16. The fourth-order valence-electron chi connectivity index (χ4n) is 3.16. The molecule has 0 bridgehead atoms. The standard InChI is InChI=1S/C22H26N2O3S/c1-3-17-7-9-18(10-8-17)28(26,27)21-15-24-20-11-6-16(2)14-19(20)22(21)23-12-4-5-13-25/h6-11,14-15,25H,3-5,12-13H2,1-2H3,(H,23,24). The molecule has 0 atom stereocenters. The molecule has 6 heteroatoms. The molecule has 0 fully saturated rings. The highest BCUT2D eigenvalue weighted by atomic mass is 32.2. The van der Waals surface area contributed by atoms with Gasteiger partial charge in [-0.3, -0.25) is 4.98 Å². The Kier molecular flexibility index (Phi) is 6.31. The number of aliphatic hydroxyl groups excluding tert-OH is 1. The van der Waals surface area contributed by atoms with Crippen LogP contribution in [0.15, 0.2) is 58.5 Å². The molecular weight excluding hydrogens is 372 g/mol. The Morgan fingerprint density at radius 2 is 1.82 bits per heavy atom. The number of sulfone groups is 1. The van der Waals surface area contributed by atoms with Crippen LogP contribution in [0.4, 0.5) is 5.69 Å². The number of aryl methyl sites for hydroxylation is 2. The minimum Gasteiger partial charge on any atom is -0.396 e. The second-order valence-corrected chi connectivity index (χ2v) is 8.79. The number of nitrogens with zero attached hydrogens (tertiary/aromatic N) is 1. The minimum atomic E-state index is -3.72. The molecule has 28 heavy (non-hydrogen) atoms. The molecule has 2 N–H and O–H groups in total. The molecule has 0 saturated heterocycles. The van der Waals surface area contributed by atoms with Gasteiger partial charge in [0, 0.05) is 24.7 Å². The maximum absolute atomic E-state index is 13.4. The van der Waals surface area contributed by atoms with Crippen LogP contribution in [-0.4, -0.2) is 31.7 Å². The average Bonchev–Trinajstić information content (AvgIpc) is 2.71. The van der Waals surface area contributed by atoms with Gasteiger partial charge in [0.15, 0.2) is 0 Å². The lowest BCUT2D eigenvalue weighted by Crippen LogP contribution is -2.11. The van der Waals surface area contributed by atoms with Crippen molar-refractivity contribution in [3.63, 3.8) is 0 Å². The van der Waals surface area contributed by atoms with E-state index in [1.54, 1.807) is 12.1 Å². The first-order chi connectivity index (χ1) is 13.5. The van der Waals surface area contributed by atoms with E-state index in [0.29, 0.717) is 18.7 Å². The molecule has 5 nitrogen and oxygen atoms in total. The van der Waals surface area contributed by atoms with Crippen LogP contribution in [0.5, 0.6) is 0 Å². The largest absolute Gasteiger partial charge is 0.396 e. The molecular formula is C22H26N2O3S. The van der Waals surface area contributed by atoms with Gasteiger partial charge in [0.25, 0.3) is 0 Å². The van der Waals surface area contributed by atoms with Crippen molar-refractivity contribution in [3.05, 3.63) is 59.8 Å². The summed E-state index contributed by atoms with van der Waals surface area (Å²) in [5.41, 5.74) is 3.45. The van der Waals surface area contributed by atoms with Crippen molar-refractivity contribution in [2.45, 2.75) is 42.9 Å². The van der Waals surface area contributed by atoms with E-state index in [1.165, 1.54) is 6.20 Å². The maximum Gasteiger partial charge on any atom is 0.210 e. The molecule has 0 aliphatic heterocycles.